The van der Waals surface area contributed by atoms with Crippen LogP contribution in [-0.2, 0) is 14.8 Å². The summed E-state index contributed by atoms with van der Waals surface area (Å²) < 4.78 is 45.1. The van der Waals surface area contributed by atoms with Crippen LogP contribution in [0.4, 0.5) is 4.39 Å². The molecule has 9 heteroatoms. The number of methoxy groups -OCH3 is 1. The first-order valence-electron chi connectivity index (χ1n) is 7.48. The zero-order valence-corrected chi connectivity index (χ0v) is 14.8. The summed E-state index contributed by atoms with van der Waals surface area (Å²) in [6.07, 6.45) is 1.82. The Hall–Kier alpha value is -1.22. The van der Waals surface area contributed by atoms with E-state index in [1.165, 1.54) is 4.31 Å². The number of halogens is 2. The van der Waals surface area contributed by atoms with Gasteiger partial charge in [0.25, 0.3) is 0 Å². The fraction of sp³-hybridized carbons (Fsp3) is 0.533. The van der Waals surface area contributed by atoms with E-state index in [2.05, 4.69) is 4.74 Å². The maximum Gasteiger partial charge on any atom is 0.339 e. The van der Waals surface area contributed by atoms with Crippen molar-refractivity contribution >= 4 is 28.4 Å². The zero-order valence-electron chi connectivity index (χ0n) is 13.1. The van der Waals surface area contributed by atoms with Crippen molar-refractivity contribution in [2.75, 3.05) is 20.2 Å². The molecule has 3 rings (SSSR count). The number of nitrogens with two attached hydrogens (primary N) is 1. The van der Waals surface area contributed by atoms with E-state index in [4.69, 9.17) is 5.73 Å². The van der Waals surface area contributed by atoms with Crippen LogP contribution in [0.2, 0.25) is 0 Å². The standard InChI is InChI=1S/C15H19FN2O4S.ClH/c1-22-15(19)11-6-10(16)3-5-14(11)23(20,21)18-7-9-2-4-13(17)12(9)8-18;/h3,5-6,9,12-13H,2,4,7-8,17H2,1H3;1H. The predicted octanol–water partition coefficient (Wildman–Crippen LogP) is 1.39. The number of ether oxygens (including phenoxy) is 1. The summed E-state index contributed by atoms with van der Waals surface area (Å²) in [5.41, 5.74) is 5.75. The summed E-state index contributed by atoms with van der Waals surface area (Å²) in [5, 5.41) is 0. The molecule has 0 aromatic heterocycles. The van der Waals surface area contributed by atoms with E-state index < -0.39 is 21.8 Å². The molecule has 2 N–H and O–H groups in total. The van der Waals surface area contributed by atoms with Crippen LogP contribution in [0.25, 0.3) is 0 Å². The second-order valence-corrected chi connectivity index (χ2v) is 8.03. The van der Waals surface area contributed by atoms with E-state index in [0.29, 0.717) is 13.1 Å². The van der Waals surface area contributed by atoms with Gasteiger partial charge in [0.15, 0.2) is 0 Å². The summed E-state index contributed by atoms with van der Waals surface area (Å²) in [6.45, 7) is 0.727. The van der Waals surface area contributed by atoms with Crippen molar-refractivity contribution in [1.82, 2.24) is 4.31 Å². The number of hydrogen-bond acceptors (Lipinski definition) is 5. The van der Waals surface area contributed by atoms with Crippen LogP contribution in [0.3, 0.4) is 0 Å². The smallest absolute Gasteiger partial charge is 0.339 e. The zero-order chi connectivity index (χ0) is 16.8. The third-order valence-electron chi connectivity index (χ3n) is 4.84. The lowest BCUT2D eigenvalue weighted by molar-refractivity contribution is 0.0595. The van der Waals surface area contributed by atoms with Gasteiger partial charge >= 0.3 is 5.97 Å². The second kappa shape index (κ2) is 6.95. The molecule has 2 fully saturated rings. The minimum Gasteiger partial charge on any atom is -0.465 e. The van der Waals surface area contributed by atoms with Crippen molar-refractivity contribution in [1.29, 1.82) is 0 Å². The average Bonchev–Trinajstić information content (AvgIpc) is 3.09. The van der Waals surface area contributed by atoms with Crippen molar-refractivity contribution in [2.24, 2.45) is 17.6 Å². The normalized spacial score (nSPS) is 26.7. The molecule has 0 spiro atoms. The molecular weight excluding hydrogens is 359 g/mol. The summed E-state index contributed by atoms with van der Waals surface area (Å²) >= 11 is 0. The van der Waals surface area contributed by atoms with E-state index in [1.807, 2.05) is 0 Å². The Balaban J connectivity index is 0.00000208. The van der Waals surface area contributed by atoms with Crippen molar-refractivity contribution in [2.45, 2.75) is 23.8 Å². The quantitative estimate of drug-likeness (QED) is 0.803. The third-order valence-corrected chi connectivity index (χ3v) is 6.73. The molecule has 0 radical (unpaired) electrons. The molecule has 134 valence electrons. The first-order chi connectivity index (χ1) is 10.8. The Morgan fingerprint density at radius 3 is 2.67 bits per heavy atom. The fourth-order valence-electron chi connectivity index (χ4n) is 3.60. The van der Waals surface area contributed by atoms with Crippen LogP contribution in [0.5, 0.6) is 0 Å². The number of benzene rings is 1. The highest BCUT2D eigenvalue weighted by Crippen LogP contribution is 2.39. The molecule has 1 aliphatic heterocycles. The number of esters is 1. The number of nitrogens with zero attached hydrogens (tertiary/aromatic N) is 1. The van der Waals surface area contributed by atoms with Gasteiger partial charge in [0.1, 0.15) is 5.82 Å². The van der Waals surface area contributed by atoms with Gasteiger partial charge in [0, 0.05) is 19.1 Å². The lowest BCUT2D eigenvalue weighted by atomic mass is 9.98. The first kappa shape index (κ1) is 19.1. The minimum atomic E-state index is -3.90. The number of carbonyl (C=O) groups is 1. The molecule has 6 nitrogen and oxygen atoms in total. The van der Waals surface area contributed by atoms with Gasteiger partial charge in [-0.1, -0.05) is 0 Å². The molecule has 1 aromatic rings. The Morgan fingerprint density at radius 2 is 2.04 bits per heavy atom. The summed E-state index contributed by atoms with van der Waals surface area (Å²) in [5.74, 6) is -1.17. The van der Waals surface area contributed by atoms with Crippen LogP contribution in [0, 0.1) is 17.7 Å². The molecule has 1 heterocycles. The van der Waals surface area contributed by atoms with Crippen molar-refractivity contribution < 1.29 is 22.3 Å². The monoisotopic (exact) mass is 378 g/mol. The number of rotatable bonds is 3. The van der Waals surface area contributed by atoms with Crippen LogP contribution in [0.1, 0.15) is 23.2 Å². The molecule has 3 unspecified atom stereocenters. The molecule has 1 aliphatic carbocycles. The molecule has 1 saturated carbocycles. The predicted molar refractivity (Wildman–Crippen MR) is 87.9 cm³/mol. The molecular formula is C15H20ClFN2O4S. The topological polar surface area (TPSA) is 89.7 Å². The van der Waals surface area contributed by atoms with Gasteiger partial charge in [0.2, 0.25) is 10.0 Å². The molecule has 1 saturated heterocycles. The van der Waals surface area contributed by atoms with Crippen molar-refractivity contribution in [3.63, 3.8) is 0 Å². The van der Waals surface area contributed by atoms with Crippen LogP contribution in [-0.4, -0.2) is 44.9 Å². The number of carbonyl (C=O) groups excluding carboxylic acids is 1. The SMILES string of the molecule is COC(=O)c1cc(F)ccc1S(=O)(=O)N1CC2CCC(N)C2C1.Cl. The van der Waals surface area contributed by atoms with Gasteiger partial charge in [-0.3, -0.25) is 0 Å². The minimum absolute atomic E-state index is 0. The van der Waals surface area contributed by atoms with Crippen molar-refractivity contribution in [3.8, 4) is 0 Å². The van der Waals surface area contributed by atoms with E-state index in [0.717, 1.165) is 38.2 Å². The maximum atomic E-state index is 13.4. The molecule has 3 atom stereocenters. The number of hydrogen-bond donors (Lipinski definition) is 1. The molecule has 1 aromatic carbocycles. The molecule has 0 bridgehead atoms. The van der Waals surface area contributed by atoms with E-state index in [1.54, 1.807) is 0 Å². The van der Waals surface area contributed by atoms with Crippen LogP contribution < -0.4 is 5.73 Å². The summed E-state index contributed by atoms with van der Waals surface area (Å²) in [7, 11) is -2.77. The molecule has 24 heavy (non-hydrogen) atoms. The molecule has 0 amide bonds. The van der Waals surface area contributed by atoms with Gasteiger partial charge in [-0.25, -0.2) is 17.6 Å². The van der Waals surface area contributed by atoms with Gasteiger partial charge in [-0.2, -0.15) is 4.31 Å². The Bertz CT molecular complexity index is 743. The van der Waals surface area contributed by atoms with Crippen LogP contribution >= 0.6 is 12.4 Å². The van der Waals surface area contributed by atoms with Crippen molar-refractivity contribution in [3.05, 3.63) is 29.6 Å². The Kier molecular flexibility index (Phi) is 5.54. The largest absolute Gasteiger partial charge is 0.465 e. The number of sulfonamides is 1. The molecule has 2 aliphatic rings. The third kappa shape index (κ3) is 3.15. The average molecular weight is 379 g/mol. The Morgan fingerprint density at radius 1 is 1.33 bits per heavy atom. The van der Waals surface area contributed by atoms with Gasteiger partial charge in [-0.15, -0.1) is 12.4 Å². The lowest BCUT2D eigenvalue weighted by Crippen LogP contribution is -2.34. The highest BCUT2D eigenvalue weighted by molar-refractivity contribution is 7.89. The van der Waals surface area contributed by atoms with E-state index in [9.17, 15) is 17.6 Å². The van der Waals surface area contributed by atoms with Gasteiger partial charge in [0.05, 0.1) is 17.6 Å². The highest BCUT2D eigenvalue weighted by Gasteiger charge is 2.45. The lowest BCUT2D eigenvalue weighted by Gasteiger charge is -2.20. The van der Waals surface area contributed by atoms with E-state index >= 15 is 0 Å². The fourth-order valence-corrected chi connectivity index (χ4v) is 5.29. The summed E-state index contributed by atoms with van der Waals surface area (Å²) in [4.78, 5) is 11.6. The van der Waals surface area contributed by atoms with Gasteiger partial charge < -0.3 is 10.5 Å². The summed E-state index contributed by atoms with van der Waals surface area (Å²) in [6, 6.07) is 3.04. The number of fused-ring (bicyclic) bond motifs is 1. The van der Waals surface area contributed by atoms with Gasteiger partial charge in [-0.05, 0) is 42.9 Å². The van der Waals surface area contributed by atoms with E-state index in [-0.39, 0.29) is 40.7 Å². The van der Waals surface area contributed by atoms with Crippen LogP contribution in [0.15, 0.2) is 23.1 Å². The first-order valence-corrected chi connectivity index (χ1v) is 8.92. The maximum absolute atomic E-state index is 13.4. The Labute approximate surface area is 146 Å². The second-order valence-electron chi connectivity index (χ2n) is 6.12. The highest BCUT2D eigenvalue weighted by atomic mass is 35.5.